The predicted octanol–water partition coefficient (Wildman–Crippen LogP) is 3.94. The first-order valence-corrected chi connectivity index (χ1v) is 6.95. The molecule has 4 nitrogen and oxygen atoms in total. The fraction of sp³-hybridized carbons (Fsp3) is 0. The van der Waals surface area contributed by atoms with Gasteiger partial charge in [-0.2, -0.15) is 0 Å². The van der Waals surface area contributed by atoms with E-state index >= 15 is 0 Å². The molecule has 0 saturated carbocycles. The topological polar surface area (TPSA) is 66.2 Å². The van der Waals surface area contributed by atoms with Crippen molar-refractivity contribution < 1.29 is 10.2 Å². The minimum Gasteiger partial charge on any atom is -0.508 e. The minimum absolute atomic E-state index is 0.00805. The zero-order chi connectivity index (χ0) is 14.1. The van der Waals surface area contributed by atoms with Crippen LogP contribution in [-0.2, 0) is 0 Å². The van der Waals surface area contributed by atoms with Crippen LogP contribution in [0.25, 0.3) is 21.1 Å². The van der Waals surface area contributed by atoms with E-state index in [0.717, 1.165) is 10.6 Å². The second-order valence-corrected chi connectivity index (χ2v) is 5.53. The Morgan fingerprint density at radius 1 is 0.900 bits per heavy atom. The van der Waals surface area contributed by atoms with Gasteiger partial charge >= 0.3 is 0 Å². The lowest BCUT2D eigenvalue weighted by Gasteiger charge is -2.00. The summed E-state index contributed by atoms with van der Waals surface area (Å²) in [5.74, 6) is -0.0162. The van der Waals surface area contributed by atoms with Crippen LogP contribution in [0.1, 0.15) is 0 Å². The quantitative estimate of drug-likeness (QED) is 0.752. The summed E-state index contributed by atoms with van der Waals surface area (Å²) in [6.07, 6.45) is 0. The number of benzene rings is 2. The first kappa shape index (κ1) is 12.9. The zero-order valence-electron chi connectivity index (χ0n) is 10.1. The Morgan fingerprint density at radius 2 is 1.60 bits per heavy atom. The third kappa shape index (κ3) is 2.45. The second kappa shape index (κ2) is 5.11. The van der Waals surface area contributed by atoms with E-state index in [4.69, 9.17) is 11.6 Å². The summed E-state index contributed by atoms with van der Waals surface area (Å²) in [6.45, 7) is 0. The molecule has 0 aliphatic rings. The number of phenolic OH excluding ortho intramolecular Hbond substituents is 2. The SMILES string of the molecule is Oc1ccc(-c2nnc(-c3ccc(Cl)cc3)s2)c(O)c1. The standard InChI is InChI=1S/C14H9ClN2O2S/c15-9-3-1-8(2-4-9)13-16-17-14(20-13)11-6-5-10(18)7-12(11)19/h1-7,18-19H. The summed E-state index contributed by atoms with van der Waals surface area (Å²) >= 11 is 7.20. The van der Waals surface area contributed by atoms with Crippen molar-refractivity contribution in [1.29, 1.82) is 0 Å². The Bertz CT molecular complexity index is 756. The van der Waals surface area contributed by atoms with Gasteiger partial charge < -0.3 is 10.2 Å². The van der Waals surface area contributed by atoms with Crippen molar-refractivity contribution >= 4 is 22.9 Å². The lowest BCUT2D eigenvalue weighted by molar-refractivity contribution is 0.452. The summed E-state index contributed by atoms with van der Waals surface area (Å²) in [5, 5.41) is 29.3. The van der Waals surface area contributed by atoms with Gasteiger partial charge in [0, 0.05) is 16.7 Å². The van der Waals surface area contributed by atoms with Crippen LogP contribution in [0.5, 0.6) is 11.5 Å². The van der Waals surface area contributed by atoms with Gasteiger partial charge in [-0.1, -0.05) is 35.1 Å². The molecule has 100 valence electrons. The van der Waals surface area contributed by atoms with E-state index in [2.05, 4.69) is 10.2 Å². The van der Waals surface area contributed by atoms with Crippen molar-refractivity contribution in [3.8, 4) is 32.6 Å². The summed E-state index contributed by atoms with van der Waals surface area (Å²) in [7, 11) is 0. The molecule has 2 N–H and O–H groups in total. The van der Waals surface area contributed by atoms with Crippen LogP contribution in [0, 0.1) is 0 Å². The van der Waals surface area contributed by atoms with Crippen LogP contribution >= 0.6 is 22.9 Å². The normalized spacial score (nSPS) is 10.7. The van der Waals surface area contributed by atoms with Crippen molar-refractivity contribution in [2.75, 3.05) is 0 Å². The maximum atomic E-state index is 9.82. The van der Waals surface area contributed by atoms with E-state index in [0.29, 0.717) is 15.6 Å². The van der Waals surface area contributed by atoms with Crippen LogP contribution in [0.4, 0.5) is 0 Å². The van der Waals surface area contributed by atoms with E-state index in [1.54, 1.807) is 18.2 Å². The summed E-state index contributed by atoms with van der Waals surface area (Å²) in [5.41, 5.74) is 1.46. The molecule has 0 spiro atoms. The molecule has 0 fully saturated rings. The maximum absolute atomic E-state index is 9.82. The van der Waals surface area contributed by atoms with E-state index in [1.807, 2.05) is 12.1 Å². The van der Waals surface area contributed by atoms with Gasteiger partial charge in [-0.25, -0.2) is 0 Å². The number of hydrogen-bond donors (Lipinski definition) is 2. The monoisotopic (exact) mass is 304 g/mol. The van der Waals surface area contributed by atoms with E-state index < -0.39 is 0 Å². The number of halogens is 1. The number of aromatic hydroxyl groups is 2. The Labute approximate surface area is 123 Å². The van der Waals surface area contributed by atoms with Crippen molar-refractivity contribution in [2.24, 2.45) is 0 Å². The van der Waals surface area contributed by atoms with Gasteiger partial charge in [0.05, 0.1) is 5.56 Å². The molecule has 0 bridgehead atoms. The summed E-state index contributed by atoms with van der Waals surface area (Å²) in [4.78, 5) is 0. The predicted molar refractivity (Wildman–Crippen MR) is 79.1 cm³/mol. The average molecular weight is 305 g/mol. The fourth-order valence-corrected chi connectivity index (χ4v) is 2.75. The van der Waals surface area contributed by atoms with Crippen LogP contribution in [0.15, 0.2) is 42.5 Å². The molecule has 6 heteroatoms. The molecular weight excluding hydrogens is 296 g/mol. The van der Waals surface area contributed by atoms with Crippen molar-refractivity contribution in [1.82, 2.24) is 10.2 Å². The van der Waals surface area contributed by atoms with Gasteiger partial charge in [0.25, 0.3) is 0 Å². The highest BCUT2D eigenvalue weighted by Gasteiger charge is 2.12. The molecule has 0 saturated heterocycles. The second-order valence-electron chi connectivity index (χ2n) is 4.12. The van der Waals surface area contributed by atoms with Crippen LogP contribution in [-0.4, -0.2) is 20.4 Å². The molecule has 1 aromatic heterocycles. The van der Waals surface area contributed by atoms with Crippen LogP contribution in [0.2, 0.25) is 5.02 Å². The number of rotatable bonds is 2. The van der Waals surface area contributed by atoms with Crippen LogP contribution in [0.3, 0.4) is 0 Å². The third-order valence-corrected chi connectivity index (χ3v) is 3.99. The number of aromatic nitrogens is 2. The Morgan fingerprint density at radius 3 is 2.30 bits per heavy atom. The molecule has 20 heavy (non-hydrogen) atoms. The van der Waals surface area contributed by atoms with Crippen molar-refractivity contribution in [3.05, 3.63) is 47.5 Å². The highest BCUT2D eigenvalue weighted by Crippen LogP contribution is 2.36. The molecule has 0 amide bonds. The Hall–Kier alpha value is -2.11. The first-order chi connectivity index (χ1) is 9.63. The highest BCUT2D eigenvalue weighted by molar-refractivity contribution is 7.18. The largest absolute Gasteiger partial charge is 0.508 e. The highest BCUT2D eigenvalue weighted by atomic mass is 35.5. The Kier molecular flexibility index (Phi) is 3.30. The number of phenols is 2. The zero-order valence-corrected chi connectivity index (χ0v) is 11.7. The van der Waals surface area contributed by atoms with Gasteiger partial charge in [0.15, 0.2) is 5.01 Å². The van der Waals surface area contributed by atoms with Gasteiger partial charge in [0.1, 0.15) is 16.5 Å². The maximum Gasteiger partial charge on any atom is 0.151 e. The smallest absolute Gasteiger partial charge is 0.151 e. The molecular formula is C14H9ClN2O2S. The van der Waals surface area contributed by atoms with Crippen LogP contribution < -0.4 is 0 Å². The average Bonchev–Trinajstić information content (AvgIpc) is 2.89. The molecule has 3 rings (SSSR count). The molecule has 0 aliphatic carbocycles. The lowest BCUT2D eigenvalue weighted by Crippen LogP contribution is -1.78. The van der Waals surface area contributed by atoms with Gasteiger partial charge in [-0.05, 0) is 24.3 Å². The molecule has 0 aliphatic heterocycles. The summed E-state index contributed by atoms with van der Waals surface area (Å²) in [6, 6.07) is 11.7. The number of hydrogen-bond acceptors (Lipinski definition) is 5. The minimum atomic E-state index is -0.0243. The van der Waals surface area contributed by atoms with E-state index in [1.165, 1.54) is 23.5 Å². The van der Waals surface area contributed by atoms with Gasteiger partial charge in [0.2, 0.25) is 0 Å². The first-order valence-electron chi connectivity index (χ1n) is 5.75. The molecule has 0 unspecified atom stereocenters. The van der Waals surface area contributed by atoms with E-state index in [9.17, 15) is 10.2 Å². The summed E-state index contributed by atoms with van der Waals surface area (Å²) < 4.78 is 0. The molecule has 2 aromatic carbocycles. The van der Waals surface area contributed by atoms with Crippen molar-refractivity contribution in [3.63, 3.8) is 0 Å². The number of nitrogens with zero attached hydrogens (tertiary/aromatic N) is 2. The van der Waals surface area contributed by atoms with Crippen molar-refractivity contribution in [2.45, 2.75) is 0 Å². The van der Waals surface area contributed by atoms with E-state index in [-0.39, 0.29) is 11.5 Å². The molecule has 0 atom stereocenters. The molecule has 3 aromatic rings. The van der Waals surface area contributed by atoms with Gasteiger partial charge in [-0.3, -0.25) is 0 Å². The molecule has 0 radical (unpaired) electrons. The molecule has 1 heterocycles. The van der Waals surface area contributed by atoms with Gasteiger partial charge in [-0.15, -0.1) is 10.2 Å². The Balaban J connectivity index is 1.99. The fourth-order valence-electron chi connectivity index (χ4n) is 1.74. The lowest BCUT2D eigenvalue weighted by atomic mass is 10.2. The third-order valence-electron chi connectivity index (χ3n) is 2.73.